The van der Waals surface area contributed by atoms with E-state index in [0.717, 1.165) is 22.5 Å². The van der Waals surface area contributed by atoms with Crippen molar-refractivity contribution in [2.45, 2.75) is 6.92 Å². The van der Waals surface area contributed by atoms with Gasteiger partial charge in [-0.05, 0) is 31.2 Å². The van der Waals surface area contributed by atoms with Gasteiger partial charge in [-0.3, -0.25) is 5.43 Å². The molecule has 0 unspecified atom stereocenters. The average molecular weight is 431 g/mol. The van der Waals surface area contributed by atoms with Crippen molar-refractivity contribution in [3.63, 3.8) is 0 Å². The molecule has 2 aromatic carbocycles. The van der Waals surface area contributed by atoms with Gasteiger partial charge >= 0.3 is 0 Å². The van der Waals surface area contributed by atoms with Crippen LogP contribution in [0.25, 0.3) is 11.3 Å². The van der Waals surface area contributed by atoms with Crippen LogP contribution in [0, 0.1) is 0 Å². The molecule has 8 heteroatoms. The summed E-state index contributed by atoms with van der Waals surface area (Å²) in [6.07, 6.45) is 0. The first-order chi connectivity index (χ1) is 11.9. The molecule has 0 spiro atoms. The van der Waals surface area contributed by atoms with E-state index in [1.165, 1.54) is 11.3 Å². The maximum Gasteiger partial charge on any atom is 0.203 e. The Morgan fingerprint density at radius 2 is 1.80 bits per heavy atom. The Labute approximate surface area is 169 Å². The Kier molecular flexibility index (Phi) is 5.87. The quantitative estimate of drug-likeness (QED) is 0.349. The smallest absolute Gasteiger partial charge is 0.203 e. The van der Waals surface area contributed by atoms with Crippen LogP contribution in [0.1, 0.15) is 12.5 Å². The number of hydrazone groups is 1. The van der Waals surface area contributed by atoms with Crippen molar-refractivity contribution in [1.82, 2.24) is 4.98 Å². The third-order valence-electron chi connectivity index (χ3n) is 3.36. The number of hydrogen-bond acceptors (Lipinski definition) is 4. The molecule has 0 bridgehead atoms. The van der Waals surface area contributed by atoms with Crippen LogP contribution >= 0.6 is 57.7 Å². The maximum atomic E-state index is 6.19. The van der Waals surface area contributed by atoms with Crippen molar-refractivity contribution in [2.24, 2.45) is 5.10 Å². The van der Waals surface area contributed by atoms with Crippen molar-refractivity contribution in [1.29, 1.82) is 0 Å². The van der Waals surface area contributed by atoms with Crippen LogP contribution in [0.5, 0.6) is 0 Å². The average Bonchev–Trinajstić information content (AvgIpc) is 3.04. The van der Waals surface area contributed by atoms with E-state index in [1.807, 2.05) is 24.4 Å². The Morgan fingerprint density at radius 3 is 2.52 bits per heavy atom. The first-order valence-corrected chi connectivity index (χ1v) is 9.50. The number of aromatic nitrogens is 1. The molecular formula is C17H11Cl4N3S. The van der Waals surface area contributed by atoms with Crippen molar-refractivity contribution in [3.8, 4) is 11.3 Å². The summed E-state index contributed by atoms with van der Waals surface area (Å²) in [4.78, 5) is 4.50. The van der Waals surface area contributed by atoms with E-state index < -0.39 is 0 Å². The lowest BCUT2D eigenvalue weighted by atomic mass is 10.1. The summed E-state index contributed by atoms with van der Waals surface area (Å²) < 4.78 is 0. The van der Waals surface area contributed by atoms with E-state index in [-0.39, 0.29) is 0 Å². The zero-order valence-electron chi connectivity index (χ0n) is 12.9. The van der Waals surface area contributed by atoms with Gasteiger partial charge in [0.25, 0.3) is 0 Å². The maximum absolute atomic E-state index is 6.19. The second-order valence-corrected chi connectivity index (χ2v) is 7.62. The number of hydrogen-bond donors (Lipinski definition) is 1. The standard InChI is InChI=1S/C17H11Cl4N3S/c1-9(12-4-3-11(18)7-14(12)20)23-24-17-22-16(8-25-17)10-2-5-13(19)15(21)6-10/h2-8H,1H3,(H,22,24)/b23-9+. The van der Waals surface area contributed by atoms with Crippen molar-refractivity contribution in [2.75, 3.05) is 5.43 Å². The molecule has 25 heavy (non-hydrogen) atoms. The molecule has 3 rings (SSSR count). The van der Waals surface area contributed by atoms with Crippen LogP contribution < -0.4 is 5.43 Å². The highest BCUT2D eigenvalue weighted by atomic mass is 35.5. The first-order valence-electron chi connectivity index (χ1n) is 7.10. The Balaban J connectivity index is 1.78. The van der Waals surface area contributed by atoms with Gasteiger partial charge in [-0.25, -0.2) is 4.98 Å². The predicted molar refractivity (Wildman–Crippen MR) is 110 cm³/mol. The Bertz CT molecular complexity index is 953. The third-order valence-corrected chi connectivity index (χ3v) is 5.39. The lowest BCUT2D eigenvalue weighted by Gasteiger charge is -2.04. The molecule has 0 saturated heterocycles. The van der Waals surface area contributed by atoms with Crippen LogP contribution in [0.3, 0.4) is 0 Å². The number of benzene rings is 2. The molecule has 3 aromatic rings. The van der Waals surface area contributed by atoms with E-state index in [4.69, 9.17) is 46.4 Å². The fourth-order valence-corrected chi connectivity index (χ4v) is 3.59. The minimum absolute atomic E-state index is 0.493. The van der Waals surface area contributed by atoms with Crippen molar-refractivity contribution in [3.05, 3.63) is 67.4 Å². The second-order valence-electron chi connectivity index (χ2n) is 5.10. The summed E-state index contributed by atoms with van der Waals surface area (Å²) in [5, 5.41) is 9.05. The van der Waals surface area contributed by atoms with Gasteiger partial charge < -0.3 is 0 Å². The Hall–Kier alpha value is -1.30. The number of nitrogens with zero attached hydrogens (tertiary/aromatic N) is 2. The number of anilines is 1. The zero-order valence-corrected chi connectivity index (χ0v) is 16.7. The summed E-state index contributed by atoms with van der Waals surface area (Å²) >= 11 is 25.5. The van der Waals surface area contributed by atoms with Gasteiger partial charge in [-0.2, -0.15) is 5.10 Å². The monoisotopic (exact) mass is 429 g/mol. The summed E-state index contributed by atoms with van der Waals surface area (Å²) in [5.74, 6) is 0. The van der Waals surface area contributed by atoms with Gasteiger partial charge in [0.05, 0.1) is 26.5 Å². The second kappa shape index (κ2) is 7.94. The summed E-state index contributed by atoms with van der Waals surface area (Å²) in [7, 11) is 0. The highest BCUT2D eigenvalue weighted by Crippen LogP contribution is 2.30. The molecule has 1 N–H and O–H groups in total. The molecule has 0 aliphatic rings. The van der Waals surface area contributed by atoms with Gasteiger partial charge in [0.2, 0.25) is 5.13 Å². The van der Waals surface area contributed by atoms with Crippen LogP contribution in [0.4, 0.5) is 5.13 Å². The largest absolute Gasteiger partial charge is 0.252 e. The lowest BCUT2D eigenvalue weighted by Crippen LogP contribution is -2.00. The fraction of sp³-hybridized carbons (Fsp3) is 0.0588. The van der Waals surface area contributed by atoms with Gasteiger partial charge in [-0.15, -0.1) is 11.3 Å². The third kappa shape index (κ3) is 4.46. The van der Waals surface area contributed by atoms with Crippen LogP contribution in [0.2, 0.25) is 20.1 Å². The molecule has 128 valence electrons. The van der Waals surface area contributed by atoms with E-state index >= 15 is 0 Å². The zero-order chi connectivity index (χ0) is 18.0. The highest BCUT2D eigenvalue weighted by Gasteiger charge is 2.08. The van der Waals surface area contributed by atoms with Gasteiger partial charge in [0.15, 0.2) is 0 Å². The van der Waals surface area contributed by atoms with Crippen LogP contribution in [-0.4, -0.2) is 10.7 Å². The van der Waals surface area contributed by atoms with Gasteiger partial charge in [0, 0.05) is 21.5 Å². The Morgan fingerprint density at radius 1 is 1.00 bits per heavy atom. The van der Waals surface area contributed by atoms with Crippen LogP contribution in [0.15, 0.2) is 46.9 Å². The molecule has 0 radical (unpaired) electrons. The van der Waals surface area contributed by atoms with Crippen LogP contribution in [-0.2, 0) is 0 Å². The number of thiazole rings is 1. The molecule has 0 amide bonds. The molecule has 1 aromatic heterocycles. The molecule has 0 atom stereocenters. The molecule has 3 nitrogen and oxygen atoms in total. The van der Waals surface area contributed by atoms with Crippen molar-refractivity contribution >= 4 is 68.6 Å². The molecule has 1 heterocycles. The normalized spacial score (nSPS) is 11.6. The van der Waals surface area contributed by atoms with E-state index in [1.54, 1.807) is 24.3 Å². The molecule has 0 fully saturated rings. The summed E-state index contributed by atoms with van der Waals surface area (Å²) in [5.41, 5.74) is 6.16. The van der Waals surface area contributed by atoms with E-state index in [0.29, 0.717) is 25.2 Å². The molecule has 0 aliphatic carbocycles. The number of nitrogens with one attached hydrogen (secondary N) is 1. The number of rotatable bonds is 4. The van der Waals surface area contributed by atoms with E-state index in [2.05, 4.69) is 15.5 Å². The molecule has 0 aliphatic heterocycles. The topological polar surface area (TPSA) is 37.3 Å². The van der Waals surface area contributed by atoms with E-state index in [9.17, 15) is 0 Å². The molecule has 0 saturated carbocycles. The summed E-state index contributed by atoms with van der Waals surface area (Å²) in [6, 6.07) is 10.7. The predicted octanol–water partition coefficient (Wildman–Crippen LogP) is 7.26. The first kappa shape index (κ1) is 18.5. The SMILES string of the molecule is C/C(=N\Nc1nc(-c2ccc(Cl)c(Cl)c2)cs1)c1ccc(Cl)cc1Cl. The fourth-order valence-electron chi connectivity index (χ4n) is 2.09. The van der Waals surface area contributed by atoms with Gasteiger partial charge in [0.1, 0.15) is 0 Å². The number of halogens is 4. The summed E-state index contributed by atoms with van der Waals surface area (Å²) in [6.45, 7) is 1.86. The minimum Gasteiger partial charge on any atom is -0.252 e. The van der Waals surface area contributed by atoms with Gasteiger partial charge in [-0.1, -0.05) is 58.5 Å². The highest BCUT2D eigenvalue weighted by molar-refractivity contribution is 7.14. The lowest BCUT2D eigenvalue weighted by molar-refractivity contribution is 1.27. The minimum atomic E-state index is 0.493. The van der Waals surface area contributed by atoms with Crippen molar-refractivity contribution < 1.29 is 0 Å². The molecular weight excluding hydrogens is 420 g/mol.